The van der Waals surface area contributed by atoms with Crippen LogP contribution < -0.4 is 11.1 Å². The first-order chi connectivity index (χ1) is 7.63. The molecule has 0 fully saturated rings. The molecule has 16 heavy (non-hydrogen) atoms. The van der Waals surface area contributed by atoms with Crippen molar-refractivity contribution in [3.63, 3.8) is 0 Å². The lowest BCUT2D eigenvalue weighted by Gasteiger charge is -2.12. The molecule has 5 heteroatoms. The summed E-state index contributed by atoms with van der Waals surface area (Å²) in [5.74, 6) is 1.79. The number of nitrogens with two attached hydrogens (primary N) is 1. The number of rotatable bonds is 6. The van der Waals surface area contributed by atoms with Gasteiger partial charge in [-0.1, -0.05) is 19.1 Å². The Morgan fingerprint density at radius 2 is 2.44 bits per heavy atom. The second-order valence-electron chi connectivity index (χ2n) is 3.74. The Kier molecular flexibility index (Phi) is 5.55. The van der Waals surface area contributed by atoms with E-state index in [4.69, 9.17) is 18.0 Å². The fourth-order valence-corrected chi connectivity index (χ4v) is 2.11. The fourth-order valence-electron chi connectivity index (χ4n) is 1.31. The molecular formula is C11H17N3S2. The highest BCUT2D eigenvalue weighted by Gasteiger charge is 2.02. The lowest BCUT2D eigenvalue weighted by atomic mass is 10.2. The first-order valence-electron chi connectivity index (χ1n) is 5.12. The first-order valence-corrected chi connectivity index (χ1v) is 6.92. The summed E-state index contributed by atoms with van der Waals surface area (Å²) >= 11 is 6.74. The maximum Gasteiger partial charge on any atom is 0.122 e. The SMILES string of the molecule is CSCC(C)CNc1ccnc(C(N)=S)c1. The average Bonchev–Trinajstić information content (AvgIpc) is 2.27. The third kappa shape index (κ3) is 4.37. The molecular weight excluding hydrogens is 238 g/mol. The molecule has 88 valence electrons. The standard InChI is InChI=1S/C11H17N3S2/c1-8(7-16-2)6-14-9-3-4-13-10(5-9)11(12)15/h3-5,8H,6-7H2,1-2H3,(H2,12,15)(H,13,14). The minimum atomic E-state index is 0.334. The predicted molar refractivity (Wildman–Crippen MR) is 76.2 cm³/mol. The molecule has 0 amide bonds. The summed E-state index contributed by atoms with van der Waals surface area (Å²) in [6.07, 6.45) is 3.84. The van der Waals surface area contributed by atoms with Crippen LogP contribution in [0.1, 0.15) is 12.6 Å². The number of thiocarbonyl (C=S) groups is 1. The van der Waals surface area contributed by atoms with Gasteiger partial charge in [-0.15, -0.1) is 0 Å². The van der Waals surface area contributed by atoms with Gasteiger partial charge in [-0.3, -0.25) is 4.98 Å². The Balaban J connectivity index is 2.54. The average molecular weight is 255 g/mol. The van der Waals surface area contributed by atoms with Gasteiger partial charge in [0.05, 0.1) is 5.69 Å². The quantitative estimate of drug-likeness (QED) is 0.763. The normalized spacial score (nSPS) is 12.1. The van der Waals surface area contributed by atoms with E-state index >= 15 is 0 Å². The van der Waals surface area contributed by atoms with E-state index in [0.29, 0.717) is 16.6 Å². The smallest absolute Gasteiger partial charge is 0.122 e. The van der Waals surface area contributed by atoms with Crippen LogP contribution in [0, 0.1) is 5.92 Å². The summed E-state index contributed by atoms with van der Waals surface area (Å²) in [7, 11) is 0. The van der Waals surface area contributed by atoms with E-state index in [1.54, 1.807) is 6.20 Å². The van der Waals surface area contributed by atoms with Crippen molar-refractivity contribution in [2.45, 2.75) is 6.92 Å². The van der Waals surface area contributed by atoms with Crippen molar-refractivity contribution in [3.05, 3.63) is 24.0 Å². The zero-order chi connectivity index (χ0) is 12.0. The van der Waals surface area contributed by atoms with E-state index in [1.165, 1.54) is 0 Å². The minimum Gasteiger partial charge on any atom is -0.388 e. The Morgan fingerprint density at radius 3 is 3.06 bits per heavy atom. The van der Waals surface area contributed by atoms with Crippen LogP contribution in [0.4, 0.5) is 5.69 Å². The van der Waals surface area contributed by atoms with Gasteiger partial charge in [0.1, 0.15) is 4.99 Å². The second-order valence-corrected chi connectivity index (χ2v) is 5.09. The Labute approximate surface area is 106 Å². The molecule has 0 bridgehead atoms. The summed E-state index contributed by atoms with van der Waals surface area (Å²) in [4.78, 5) is 4.43. The zero-order valence-corrected chi connectivity index (χ0v) is 11.2. The number of nitrogens with one attached hydrogen (secondary N) is 1. The monoisotopic (exact) mass is 255 g/mol. The third-order valence-corrected chi connectivity index (χ3v) is 3.23. The number of hydrogen-bond acceptors (Lipinski definition) is 4. The van der Waals surface area contributed by atoms with E-state index in [-0.39, 0.29) is 0 Å². The molecule has 1 rings (SSSR count). The number of thioether (sulfide) groups is 1. The van der Waals surface area contributed by atoms with Crippen molar-refractivity contribution in [1.29, 1.82) is 0 Å². The molecule has 0 aromatic carbocycles. The molecule has 1 aromatic heterocycles. The van der Waals surface area contributed by atoms with Gasteiger partial charge in [0.25, 0.3) is 0 Å². The van der Waals surface area contributed by atoms with Crippen molar-refractivity contribution < 1.29 is 0 Å². The maximum absolute atomic E-state index is 5.52. The summed E-state index contributed by atoms with van der Waals surface area (Å²) in [5, 5.41) is 3.36. The number of aromatic nitrogens is 1. The van der Waals surface area contributed by atoms with Crippen molar-refractivity contribution in [2.24, 2.45) is 11.7 Å². The predicted octanol–water partition coefficient (Wildman–Crippen LogP) is 2.13. The lowest BCUT2D eigenvalue weighted by molar-refractivity contribution is 0.701. The van der Waals surface area contributed by atoms with Gasteiger partial charge in [-0.25, -0.2) is 0 Å². The van der Waals surface area contributed by atoms with E-state index < -0.39 is 0 Å². The topological polar surface area (TPSA) is 50.9 Å². The Morgan fingerprint density at radius 1 is 1.69 bits per heavy atom. The van der Waals surface area contributed by atoms with Gasteiger partial charge in [-0.2, -0.15) is 11.8 Å². The first kappa shape index (κ1) is 13.3. The Bertz CT molecular complexity index is 355. The van der Waals surface area contributed by atoms with E-state index in [1.807, 2.05) is 23.9 Å². The van der Waals surface area contributed by atoms with Gasteiger partial charge in [-0.05, 0) is 30.1 Å². The zero-order valence-electron chi connectivity index (χ0n) is 9.56. The van der Waals surface area contributed by atoms with Gasteiger partial charge in [0.2, 0.25) is 0 Å². The molecule has 1 heterocycles. The van der Waals surface area contributed by atoms with Gasteiger partial charge >= 0.3 is 0 Å². The van der Waals surface area contributed by atoms with Crippen LogP contribution in [0.5, 0.6) is 0 Å². The molecule has 0 spiro atoms. The molecule has 3 N–H and O–H groups in total. The molecule has 0 aliphatic carbocycles. The van der Waals surface area contributed by atoms with Crippen molar-refractivity contribution in [3.8, 4) is 0 Å². The summed E-state index contributed by atoms with van der Waals surface area (Å²) in [6, 6.07) is 3.81. The van der Waals surface area contributed by atoms with Gasteiger partial charge in [0, 0.05) is 18.4 Å². The highest BCUT2D eigenvalue weighted by molar-refractivity contribution is 7.98. The van der Waals surface area contributed by atoms with Crippen molar-refractivity contribution in [1.82, 2.24) is 4.98 Å². The second kappa shape index (κ2) is 6.70. The van der Waals surface area contributed by atoms with Gasteiger partial charge < -0.3 is 11.1 Å². The molecule has 0 radical (unpaired) electrons. The van der Waals surface area contributed by atoms with Crippen LogP contribution in [0.2, 0.25) is 0 Å². The van der Waals surface area contributed by atoms with Crippen LogP contribution in [0.15, 0.2) is 18.3 Å². The van der Waals surface area contributed by atoms with Crippen molar-refractivity contribution >= 4 is 34.7 Å². The van der Waals surface area contributed by atoms with Crippen LogP contribution in [-0.2, 0) is 0 Å². The lowest BCUT2D eigenvalue weighted by Crippen LogP contribution is -2.15. The molecule has 0 aliphatic heterocycles. The largest absolute Gasteiger partial charge is 0.388 e. The van der Waals surface area contributed by atoms with E-state index in [0.717, 1.165) is 18.0 Å². The maximum atomic E-state index is 5.52. The summed E-state index contributed by atoms with van der Waals surface area (Å²) < 4.78 is 0. The number of hydrogen-bond donors (Lipinski definition) is 2. The fraction of sp³-hybridized carbons (Fsp3) is 0.455. The summed E-state index contributed by atoms with van der Waals surface area (Å²) in [6.45, 7) is 3.17. The van der Waals surface area contributed by atoms with Gasteiger partial charge in [0.15, 0.2) is 0 Å². The highest BCUT2D eigenvalue weighted by atomic mass is 32.2. The van der Waals surface area contributed by atoms with Crippen LogP contribution in [0.3, 0.4) is 0 Å². The molecule has 0 saturated heterocycles. The number of pyridine rings is 1. The van der Waals surface area contributed by atoms with E-state index in [2.05, 4.69) is 23.5 Å². The molecule has 1 atom stereocenters. The summed E-state index contributed by atoms with van der Waals surface area (Å²) in [5.41, 5.74) is 7.21. The third-order valence-electron chi connectivity index (χ3n) is 2.12. The molecule has 1 aromatic rings. The molecule has 0 saturated carbocycles. The Hall–Kier alpha value is -0.810. The molecule has 3 nitrogen and oxygen atoms in total. The van der Waals surface area contributed by atoms with Crippen LogP contribution in [0.25, 0.3) is 0 Å². The molecule has 0 aliphatic rings. The van der Waals surface area contributed by atoms with Crippen LogP contribution >= 0.6 is 24.0 Å². The minimum absolute atomic E-state index is 0.334. The number of nitrogens with zero attached hydrogens (tertiary/aromatic N) is 1. The highest BCUT2D eigenvalue weighted by Crippen LogP contribution is 2.10. The molecule has 1 unspecified atom stereocenters. The number of anilines is 1. The van der Waals surface area contributed by atoms with E-state index in [9.17, 15) is 0 Å². The van der Waals surface area contributed by atoms with Crippen molar-refractivity contribution in [2.75, 3.05) is 23.9 Å². The van der Waals surface area contributed by atoms with Crippen LogP contribution in [-0.4, -0.2) is 28.5 Å².